The molecule has 0 spiro atoms. The molecule has 2 aliphatic carbocycles. The molecule has 4 heterocycles. The molecule has 1 amide bonds. The summed E-state index contributed by atoms with van der Waals surface area (Å²) in [6.45, 7) is 5.18. The molecular formula is C35H35F3N6O2. The number of anilines is 1. The number of nitriles is 1. The molecule has 11 heteroatoms. The third-order valence-corrected chi connectivity index (χ3v) is 10.9. The number of amides is 1. The van der Waals surface area contributed by atoms with Crippen molar-refractivity contribution in [1.29, 1.82) is 5.26 Å². The van der Waals surface area contributed by atoms with Crippen molar-refractivity contribution in [1.82, 2.24) is 19.8 Å². The van der Waals surface area contributed by atoms with Gasteiger partial charge in [-0.2, -0.15) is 15.2 Å². The van der Waals surface area contributed by atoms with Crippen LogP contribution in [0.4, 0.5) is 19.0 Å². The number of carbonyl (C=O) groups excluding carboxylic acids is 1. The first-order chi connectivity index (χ1) is 22.2. The average molecular weight is 629 g/mol. The monoisotopic (exact) mass is 628 g/mol. The first-order valence-corrected chi connectivity index (χ1v) is 16.2. The number of benzene rings is 2. The second-order valence-corrected chi connectivity index (χ2v) is 13.6. The molecule has 5 aliphatic rings. The number of fused-ring (bicyclic) bond motifs is 5. The van der Waals surface area contributed by atoms with Gasteiger partial charge in [0.15, 0.2) is 5.83 Å². The number of piperazine rings is 1. The van der Waals surface area contributed by atoms with Crippen molar-refractivity contribution < 1.29 is 22.7 Å². The average Bonchev–Trinajstić information content (AvgIpc) is 3.38. The van der Waals surface area contributed by atoms with Gasteiger partial charge in [0.25, 0.3) is 5.91 Å². The molecule has 1 aromatic heterocycles. The second kappa shape index (κ2) is 11.0. The fraction of sp³-hybridized carbons (Fsp3) is 0.486. The Hall–Kier alpha value is -4.17. The van der Waals surface area contributed by atoms with Crippen molar-refractivity contribution in [3.8, 4) is 23.2 Å². The molecule has 238 valence electrons. The number of carbonyl (C=O) groups is 1. The van der Waals surface area contributed by atoms with Gasteiger partial charge in [0, 0.05) is 43.5 Å². The lowest BCUT2D eigenvalue weighted by atomic mass is 9.93. The minimum atomic E-state index is -1.08. The van der Waals surface area contributed by atoms with Crippen LogP contribution in [0.25, 0.3) is 22.0 Å². The molecule has 46 heavy (non-hydrogen) atoms. The van der Waals surface area contributed by atoms with Gasteiger partial charge >= 0.3 is 6.01 Å². The molecule has 2 unspecified atom stereocenters. The predicted molar refractivity (Wildman–Crippen MR) is 166 cm³/mol. The highest BCUT2D eigenvalue weighted by molar-refractivity contribution is 5.94. The number of ether oxygens (including phenoxy) is 1. The van der Waals surface area contributed by atoms with Gasteiger partial charge in [-0.3, -0.25) is 9.69 Å². The van der Waals surface area contributed by atoms with Gasteiger partial charge in [-0.25, -0.2) is 13.2 Å². The lowest BCUT2D eigenvalue weighted by Gasteiger charge is -2.41. The Bertz CT molecular complexity index is 1810. The maximum Gasteiger partial charge on any atom is 0.319 e. The Kier molecular flexibility index (Phi) is 6.98. The van der Waals surface area contributed by atoms with E-state index in [1.54, 1.807) is 6.07 Å². The fourth-order valence-corrected chi connectivity index (χ4v) is 8.57. The van der Waals surface area contributed by atoms with Gasteiger partial charge in [0.05, 0.1) is 29.6 Å². The van der Waals surface area contributed by atoms with Crippen molar-refractivity contribution in [2.24, 2.45) is 5.92 Å². The van der Waals surface area contributed by atoms with E-state index in [1.165, 1.54) is 28.5 Å². The SMILES string of the molecule is C=C(F)C(=O)N1CCN(c2nc(OC[C@@]34CCCN3C[C@H](F)C4)nc3cc(-c4cccc5c4CC4CC54)c(F)cc23)C[C@@H]1CC#N. The van der Waals surface area contributed by atoms with E-state index in [4.69, 9.17) is 14.7 Å². The van der Waals surface area contributed by atoms with Gasteiger partial charge in [-0.05, 0) is 72.9 Å². The summed E-state index contributed by atoms with van der Waals surface area (Å²) in [4.78, 5) is 27.4. The molecule has 4 fully saturated rings. The number of alkyl halides is 1. The van der Waals surface area contributed by atoms with E-state index >= 15 is 4.39 Å². The van der Waals surface area contributed by atoms with Crippen molar-refractivity contribution in [2.45, 2.75) is 62.2 Å². The van der Waals surface area contributed by atoms with E-state index in [1.807, 2.05) is 17.0 Å². The maximum absolute atomic E-state index is 16.1. The van der Waals surface area contributed by atoms with Crippen molar-refractivity contribution in [2.75, 3.05) is 44.2 Å². The van der Waals surface area contributed by atoms with Crippen LogP contribution in [0.3, 0.4) is 0 Å². The molecule has 0 radical (unpaired) electrons. The zero-order valence-electron chi connectivity index (χ0n) is 25.5. The van der Waals surface area contributed by atoms with Crippen LogP contribution in [-0.4, -0.2) is 82.8 Å². The summed E-state index contributed by atoms with van der Waals surface area (Å²) in [6, 6.07) is 10.9. The fourth-order valence-electron chi connectivity index (χ4n) is 8.57. The zero-order valence-corrected chi connectivity index (χ0v) is 25.5. The molecule has 5 atom stereocenters. The zero-order chi connectivity index (χ0) is 31.7. The molecule has 8 rings (SSSR count). The van der Waals surface area contributed by atoms with Gasteiger partial charge in [0.2, 0.25) is 0 Å². The number of rotatable bonds is 7. The molecule has 1 saturated carbocycles. The van der Waals surface area contributed by atoms with Crippen molar-refractivity contribution >= 4 is 22.6 Å². The van der Waals surface area contributed by atoms with Crippen molar-refractivity contribution in [3.63, 3.8) is 0 Å². The summed E-state index contributed by atoms with van der Waals surface area (Å²) in [6.07, 6.45) is 3.41. The Morgan fingerprint density at radius 2 is 2.04 bits per heavy atom. The first kappa shape index (κ1) is 29.2. The Labute approximate surface area is 265 Å². The van der Waals surface area contributed by atoms with Crippen LogP contribution in [0.1, 0.15) is 49.1 Å². The highest BCUT2D eigenvalue weighted by atomic mass is 19.1. The molecule has 0 bridgehead atoms. The predicted octanol–water partition coefficient (Wildman–Crippen LogP) is 5.46. The van der Waals surface area contributed by atoms with Crippen LogP contribution in [0.15, 0.2) is 42.7 Å². The largest absolute Gasteiger partial charge is 0.461 e. The molecule has 2 aromatic carbocycles. The third-order valence-electron chi connectivity index (χ3n) is 10.9. The molecule has 0 N–H and O–H groups in total. The maximum atomic E-state index is 16.1. The summed E-state index contributed by atoms with van der Waals surface area (Å²) >= 11 is 0. The minimum absolute atomic E-state index is 0.0236. The number of hydrogen-bond acceptors (Lipinski definition) is 7. The molecule has 8 nitrogen and oxygen atoms in total. The molecule has 3 aliphatic heterocycles. The first-order valence-electron chi connectivity index (χ1n) is 16.2. The van der Waals surface area contributed by atoms with Gasteiger partial charge in [0.1, 0.15) is 24.4 Å². The van der Waals surface area contributed by atoms with Crippen LogP contribution in [0, 0.1) is 23.1 Å². The van der Waals surface area contributed by atoms with Crippen molar-refractivity contribution in [3.05, 3.63) is 59.7 Å². The third kappa shape index (κ3) is 4.80. The number of nitrogens with zero attached hydrogens (tertiary/aromatic N) is 6. The smallest absolute Gasteiger partial charge is 0.319 e. The molecular weight excluding hydrogens is 593 g/mol. The normalized spacial score (nSPS) is 28.1. The molecule has 3 aromatic rings. The Morgan fingerprint density at radius 3 is 2.87 bits per heavy atom. The van der Waals surface area contributed by atoms with Gasteiger partial charge in [-0.15, -0.1) is 0 Å². The number of halogens is 3. The standard InChI is InChI=1S/C35H35F3N6O2/c1-20(36)33(45)44-11-10-42(18-23(44)6-8-39)32-29-14-30(38)28(25-5-2-4-24-26-12-21(26)13-27(24)25)15-31(29)40-34(41-32)46-19-35-7-3-9-43(35)17-22(37)16-35/h2,4-5,14-15,21-23,26H,1,3,6-7,9-13,16-19H2/t21?,22-,23+,26?,35+/m1/s1. The highest BCUT2D eigenvalue weighted by Gasteiger charge is 2.49. The van der Waals surface area contributed by atoms with Crippen LogP contribution < -0.4 is 9.64 Å². The summed E-state index contributed by atoms with van der Waals surface area (Å²) in [5.74, 6) is -0.692. The Balaban J connectivity index is 1.19. The second-order valence-electron chi connectivity index (χ2n) is 13.6. The lowest BCUT2D eigenvalue weighted by Crippen LogP contribution is -2.55. The molecule has 3 saturated heterocycles. The van der Waals surface area contributed by atoms with Gasteiger partial charge < -0.3 is 14.5 Å². The summed E-state index contributed by atoms with van der Waals surface area (Å²) in [5.41, 5.74) is 3.95. The highest BCUT2D eigenvalue weighted by Crippen LogP contribution is 2.58. The topological polar surface area (TPSA) is 85.6 Å². The van der Waals surface area contributed by atoms with Gasteiger partial charge in [-0.1, -0.05) is 24.8 Å². The van der Waals surface area contributed by atoms with E-state index in [-0.39, 0.29) is 38.7 Å². The Morgan fingerprint density at radius 1 is 1.17 bits per heavy atom. The van der Waals surface area contributed by atoms with E-state index in [2.05, 4.69) is 23.6 Å². The minimum Gasteiger partial charge on any atom is -0.461 e. The van der Waals surface area contributed by atoms with Crippen LogP contribution in [-0.2, 0) is 11.2 Å². The van der Waals surface area contributed by atoms with Crippen LogP contribution in [0.5, 0.6) is 6.01 Å². The van der Waals surface area contributed by atoms with E-state index in [0.29, 0.717) is 47.1 Å². The van der Waals surface area contributed by atoms with Crippen LogP contribution >= 0.6 is 0 Å². The van der Waals surface area contributed by atoms with E-state index in [0.717, 1.165) is 31.4 Å². The lowest BCUT2D eigenvalue weighted by molar-refractivity contribution is -0.131. The van der Waals surface area contributed by atoms with E-state index < -0.39 is 35.3 Å². The summed E-state index contributed by atoms with van der Waals surface area (Å²) in [5, 5.41) is 9.98. The summed E-state index contributed by atoms with van der Waals surface area (Å²) in [7, 11) is 0. The van der Waals surface area contributed by atoms with E-state index in [9.17, 15) is 18.8 Å². The number of aromatic nitrogens is 2. The number of hydrogen-bond donors (Lipinski definition) is 0. The quantitative estimate of drug-likeness (QED) is 0.321. The summed E-state index contributed by atoms with van der Waals surface area (Å²) < 4.78 is 50.7. The van der Waals surface area contributed by atoms with Crippen LogP contribution in [0.2, 0.25) is 0 Å².